The highest BCUT2D eigenvalue weighted by Gasteiger charge is 2.22. The van der Waals surface area contributed by atoms with Crippen molar-refractivity contribution < 1.29 is 18.7 Å². The molecular weight excluding hydrogens is 369 g/mol. The number of aromatic amines is 1. The Balaban J connectivity index is 2.24. The lowest BCUT2D eigenvalue weighted by molar-refractivity contribution is 0.0520. The van der Waals surface area contributed by atoms with Gasteiger partial charge in [-0.2, -0.15) is 0 Å². The van der Waals surface area contributed by atoms with Gasteiger partial charge < -0.3 is 14.5 Å². The lowest BCUT2D eigenvalue weighted by Gasteiger charge is -2.12. The van der Waals surface area contributed by atoms with Crippen molar-refractivity contribution in [1.29, 1.82) is 0 Å². The maximum atomic E-state index is 14.7. The van der Waals surface area contributed by atoms with E-state index in [1.807, 2.05) is 18.2 Å². The molecule has 7 heteroatoms. The molecule has 3 aromatic rings. The number of thioether (sulfide) groups is 1. The molecule has 1 N–H and O–H groups in total. The normalized spacial score (nSPS) is 10.9. The summed E-state index contributed by atoms with van der Waals surface area (Å²) in [4.78, 5) is 28.2. The number of aromatic nitrogens is 1. The topological polar surface area (TPSA) is 68.4 Å². The molecule has 5 nitrogen and oxygen atoms in total. The Bertz CT molecular complexity index is 1030. The van der Waals surface area contributed by atoms with Crippen molar-refractivity contribution in [1.82, 2.24) is 4.98 Å². The summed E-state index contributed by atoms with van der Waals surface area (Å²) in [5.41, 5.74) is 0.785. The summed E-state index contributed by atoms with van der Waals surface area (Å²) in [6, 6.07) is 11.8. The number of halogens is 1. The number of hydrogen-bond donors (Lipinski definition) is 1. The number of fused-ring (bicyclic) bond motifs is 1. The third kappa shape index (κ3) is 3.89. The van der Waals surface area contributed by atoms with Crippen LogP contribution in [0.5, 0.6) is 0 Å². The second kappa shape index (κ2) is 8.37. The first kappa shape index (κ1) is 19.1. The van der Waals surface area contributed by atoms with Crippen LogP contribution in [0.1, 0.15) is 17.3 Å². The van der Waals surface area contributed by atoms with Crippen molar-refractivity contribution in [2.45, 2.75) is 11.9 Å². The van der Waals surface area contributed by atoms with Gasteiger partial charge in [0.25, 0.3) is 0 Å². The number of ether oxygens (including phenoxy) is 2. The minimum absolute atomic E-state index is 0.0944. The number of rotatable bonds is 6. The zero-order valence-corrected chi connectivity index (χ0v) is 15.7. The molecule has 0 saturated carbocycles. The number of benzene rings is 2. The number of pyridine rings is 1. The predicted octanol–water partition coefficient (Wildman–Crippen LogP) is 4.21. The van der Waals surface area contributed by atoms with Crippen molar-refractivity contribution in [3.63, 3.8) is 0 Å². The van der Waals surface area contributed by atoms with Gasteiger partial charge in [-0.25, -0.2) is 9.18 Å². The van der Waals surface area contributed by atoms with E-state index in [1.54, 1.807) is 25.1 Å². The molecule has 27 heavy (non-hydrogen) atoms. The van der Waals surface area contributed by atoms with E-state index in [0.29, 0.717) is 21.7 Å². The number of carbonyl (C=O) groups is 1. The third-order valence-electron chi connectivity index (χ3n) is 3.94. The maximum Gasteiger partial charge on any atom is 0.344 e. The molecule has 0 radical (unpaired) electrons. The number of H-pyrrole nitrogens is 1. The van der Waals surface area contributed by atoms with Crippen molar-refractivity contribution in [3.8, 4) is 11.1 Å². The molecule has 1 aromatic heterocycles. The molecule has 0 aliphatic rings. The van der Waals surface area contributed by atoms with Crippen LogP contribution in [0.4, 0.5) is 4.39 Å². The quantitative estimate of drug-likeness (QED) is 0.390. The monoisotopic (exact) mass is 387 g/mol. The molecule has 140 valence electrons. The molecule has 0 aliphatic carbocycles. The zero-order valence-electron chi connectivity index (χ0n) is 14.9. The van der Waals surface area contributed by atoms with Gasteiger partial charge in [-0.05, 0) is 24.6 Å². The molecular formula is C20H18FNO4S. The van der Waals surface area contributed by atoms with Crippen LogP contribution in [-0.2, 0) is 9.47 Å². The van der Waals surface area contributed by atoms with Gasteiger partial charge in [-0.1, -0.05) is 42.1 Å². The van der Waals surface area contributed by atoms with Gasteiger partial charge in [0, 0.05) is 18.1 Å². The SMILES string of the molecule is CCOC(=O)c1c(SCOC)[nH]c2cc(-c3ccccc3)c(F)cc2c1=O. The van der Waals surface area contributed by atoms with E-state index in [0.717, 1.165) is 17.8 Å². The summed E-state index contributed by atoms with van der Waals surface area (Å²) in [6.45, 7) is 1.78. The number of nitrogens with one attached hydrogen (secondary N) is 1. The van der Waals surface area contributed by atoms with Gasteiger partial charge in [-0.15, -0.1) is 0 Å². The summed E-state index contributed by atoms with van der Waals surface area (Å²) in [7, 11) is 1.51. The van der Waals surface area contributed by atoms with Crippen LogP contribution in [0, 0.1) is 5.82 Å². The predicted molar refractivity (Wildman–Crippen MR) is 104 cm³/mol. The van der Waals surface area contributed by atoms with Crippen LogP contribution in [0.3, 0.4) is 0 Å². The van der Waals surface area contributed by atoms with E-state index in [4.69, 9.17) is 9.47 Å². The van der Waals surface area contributed by atoms with Gasteiger partial charge in [0.2, 0.25) is 5.43 Å². The van der Waals surface area contributed by atoms with Crippen LogP contribution in [-0.4, -0.2) is 30.6 Å². The van der Waals surface area contributed by atoms with E-state index < -0.39 is 17.2 Å². The Morgan fingerprint density at radius 1 is 1.22 bits per heavy atom. The number of hydrogen-bond acceptors (Lipinski definition) is 5. The lowest BCUT2D eigenvalue weighted by Crippen LogP contribution is -2.20. The van der Waals surface area contributed by atoms with Crippen LogP contribution in [0.25, 0.3) is 22.0 Å². The number of methoxy groups -OCH3 is 1. The molecule has 0 fully saturated rings. The Morgan fingerprint density at radius 2 is 1.96 bits per heavy atom. The van der Waals surface area contributed by atoms with Gasteiger partial charge >= 0.3 is 5.97 Å². The van der Waals surface area contributed by atoms with Gasteiger partial charge in [0.05, 0.1) is 23.1 Å². The van der Waals surface area contributed by atoms with Crippen LogP contribution < -0.4 is 5.43 Å². The average molecular weight is 387 g/mol. The Kier molecular flexibility index (Phi) is 5.93. The van der Waals surface area contributed by atoms with Crippen molar-refractivity contribution in [2.24, 2.45) is 0 Å². The summed E-state index contributed by atoms with van der Waals surface area (Å²) < 4.78 is 24.7. The standard InChI is InChI=1S/C20H18FNO4S/c1-3-26-20(24)17-18(23)14-9-15(21)13(12-7-5-4-6-8-12)10-16(14)22-19(17)27-11-25-2/h4-10H,3,11H2,1-2H3,(H,22,23). The molecule has 0 atom stereocenters. The highest BCUT2D eigenvalue weighted by molar-refractivity contribution is 7.99. The average Bonchev–Trinajstić information content (AvgIpc) is 2.67. The van der Waals surface area contributed by atoms with Crippen LogP contribution in [0.15, 0.2) is 52.3 Å². The fourth-order valence-electron chi connectivity index (χ4n) is 2.74. The van der Waals surface area contributed by atoms with E-state index in [2.05, 4.69) is 4.98 Å². The van der Waals surface area contributed by atoms with Crippen molar-refractivity contribution >= 4 is 28.6 Å². The molecule has 3 rings (SSSR count). The Labute approximate surface area is 159 Å². The second-order valence-electron chi connectivity index (χ2n) is 5.67. The molecule has 0 unspecified atom stereocenters. The Morgan fingerprint density at radius 3 is 2.63 bits per heavy atom. The summed E-state index contributed by atoms with van der Waals surface area (Å²) in [5.74, 6) is -1.04. The number of esters is 1. The first-order chi connectivity index (χ1) is 13.1. The first-order valence-corrected chi connectivity index (χ1v) is 9.29. The highest BCUT2D eigenvalue weighted by atomic mass is 32.2. The summed E-state index contributed by atoms with van der Waals surface area (Å²) >= 11 is 1.16. The van der Waals surface area contributed by atoms with Crippen LogP contribution in [0.2, 0.25) is 0 Å². The van der Waals surface area contributed by atoms with E-state index in [9.17, 15) is 14.0 Å². The largest absolute Gasteiger partial charge is 0.462 e. The molecule has 0 saturated heterocycles. The smallest absolute Gasteiger partial charge is 0.344 e. The van der Waals surface area contributed by atoms with Gasteiger partial charge in [0.1, 0.15) is 11.4 Å². The van der Waals surface area contributed by atoms with Crippen molar-refractivity contribution in [3.05, 3.63) is 64.1 Å². The van der Waals surface area contributed by atoms with E-state index >= 15 is 0 Å². The zero-order chi connectivity index (χ0) is 19.4. The molecule has 1 heterocycles. The Hall–Kier alpha value is -2.64. The van der Waals surface area contributed by atoms with Gasteiger partial charge in [0.15, 0.2) is 0 Å². The highest BCUT2D eigenvalue weighted by Crippen LogP contribution is 2.28. The van der Waals surface area contributed by atoms with E-state index in [1.165, 1.54) is 7.11 Å². The molecule has 0 bridgehead atoms. The molecule has 0 spiro atoms. The fraction of sp³-hybridized carbons (Fsp3) is 0.200. The summed E-state index contributed by atoms with van der Waals surface area (Å²) in [5, 5.41) is 0.426. The minimum atomic E-state index is -0.744. The minimum Gasteiger partial charge on any atom is -0.462 e. The fourth-order valence-corrected chi connectivity index (χ4v) is 3.48. The third-order valence-corrected chi connectivity index (χ3v) is 4.89. The van der Waals surface area contributed by atoms with Crippen molar-refractivity contribution in [2.75, 3.05) is 19.7 Å². The maximum absolute atomic E-state index is 14.7. The van der Waals surface area contributed by atoms with E-state index in [-0.39, 0.29) is 23.5 Å². The second-order valence-corrected chi connectivity index (χ2v) is 6.61. The molecule has 0 aliphatic heterocycles. The van der Waals surface area contributed by atoms with Gasteiger partial charge in [-0.3, -0.25) is 4.79 Å². The summed E-state index contributed by atoms with van der Waals surface area (Å²) in [6.07, 6.45) is 0. The molecule has 0 amide bonds. The number of carbonyl (C=O) groups excluding carboxylic acids is 1. The lowest BCUT2D eigenvalue weighted by atomic mass is 10.0. The molecule has 2 aromatic carbocycles. The van der Waals surface area contributed by atoms with Crippen LogP contribution >= 0.6 is 11.8 Å². The first-order valence-electron chi connectivity index (χ1n) is 8.30.